The molecule has 1 N–H and O–H groups in total. The minimum absolute atomic E-state index is 0.610. The molecular formula is C20H16N6O. The molecule has 0 spiro atoms. The van der Waals surface area contributed by atoms with Crippen LogP contribution in [0.15, 0.2) is 67.3 Å². The maximum atomic E-state index is 11.0. The van der Waals surface area contributed by atoms with E-state index < -0.39 is 6.10 Å². The van der Waals surface area contributed by atoms with E-state index in [0.29, 0.717) is 11.3 Å². The molecule has 5 aromatic rings. The molecule has 4 aromatic heterocycles. The van der Waals surface area contributed by atoms with E-state index >= 15 is 0 Å². The highest BCUT2D eigenvalue weighted by Gasteiger charge is 2.17. The number of aliphatic hydroxyl groups excluding tert-OH is 1. The zero-order chi connectivity index (χ0) is 18.4. The van der Waals surface area contributed by atoms with E-state index in [2.05, 4.69) is 20.2 Å². The van der Waals surface area contributed by atoms with Crippen LogP contribution in [0.4, 0.5) is 0 Å². The molecule has 1 atom stereocenters. The monoisotopic (exact) mass is 356 g/mol. The van der Waals surface area contributed by atoms with Crippen LogP contribution in [-0.2, 0) is 7.05 Å². The van der Waals surface area contributed by atoms with Crippen LogP contribution in [0.3, 0.4) is 0 Å². The number of hydrogen-bond acceptors (Lipinski definition) is 5. The molecule has 1 unspecified atom stereocenters. The third-order valence-electron chi connectivity index (χ3n) is 4.61. The molecule has 0 aliphatic carbocycles. The number of nitrogens with zero attached hydrogens (tertiary/aromatic N) is 6. The molecule has 0 saturated carbocycles. The summed E-state index contributed by atoms with van der Waals surface area (Å²) >= 11 is 0. The smallest absolute Gasteiger partial charge is 0.153 e. The lowest BCUT2D eigenvalue weighted by Crippen LogP contribution is -2.06. The molecule has 0 bridgehead atoms. The third-order valence-corrected chi connectivity index (χ3v) is 4.61. The highest BCUT2D eigenvalue weighted by molar-refractivity contribution is 5.79. The van der Waals surface area contributed by atoms with Crippen molar-refractivity contribution in [1.29, 1.82) is 0 Å². The first-order chi connectivity index (χ1) is 13.2. The van der Waals surface area contributed by atoms with Gasteiger partial charge in [0.25, 0.3) is 0 Å². The number of imidazole rings is 1. The first kappa shape index (κ1) is 15.7. The second kappa shape index (κ2) is 6.00. The van der Waals surface area contributed by atoms with Crippen molar-refractivity contribution in [3.63, 3.8) is 0 Å². The Kier molecular flexibility index (Phi) is 3.48. The molecule has 0 aliphatic heterocycles. The van der Waals surface area contributed by atoms with E-state index in [0.717, 1.165) is 27.7 Å². The van der Waals surface area contributed by atoms with Crippen molar-refractivity contribution < 1.29 is 5.11 Å². The molecule has 0 saturated heterocycles. The quantitative estimate of drug-likeness (QED) is 0.538. The Labute approximate surface area is 154 Å². The van der Waals surface area contributed by atoms with Gasteiger partial charge in [0.1, 0.15) is 6.10 Å². The fourth-order valence-electron chi connectivity index (χ4n) is 3.22. The fourth-order valence-corrected chi connectivity index (χ4v) is 3.22. The third kappa shape index (κ3) is 2.65. The van der Waals surface area contributed by atoms with Crippen LogP contribution in [0.5, 0.6) is 0 Å². The molecule has 132 valence electrons. The first-order valence-corrected chi connectivity index (χ1v) is 8.55. The Hall–Kier alpha value is -3.58. The largest absolute Gasteiger partial charge is 0.382 e. The molecule has 5 rings (SSSR count). The highest BCUT2D eigenvalue weighted by atomic mass is 16.3. The van der Waals surface area contributed by atoms with Crippen molar-refractivity contribution in [3.8, 4) is 11.3 Å². The van der Waals surface area contributed by atoms with Crippen molar-refractivity contribution in [2.24, 2.45) is 7.05 Å². The summed E-state index contributed by atoms with van der Waals surface area (Å²) in [6.45, 7) is 0. The van der Waals surface area contributed by atoms with Gasteiger partial charge in [-0.05, 0) is 35.9 Å². The summed E-state index contributed by atoms with van der Waals surface area (Å²) in [6, 6.07) is 13.4. The standard InChI is InChI=1S/C20H16N6O/c1-25-12-15(10-23-25)17-6-7-19-22-11-18(26(19)24-17)20(27)14-4-5-16-13(9-14)3-2-8-21-16/h2-12,20,27H,1H3. The minimum Gasteiger partial charge on any atom is -0.382 e. The van der Waals surface area contributed by atoms with E-state index in [-0.39, 0.29) is 0 Å². The van der Waals surface area contributed by atoms with Gasteiger partial charge in [-0.2, -0.15) is 10.2 Å². The van der Waals surface area contributed by atoms with Crippen LogP contribution in [0, 0.1) is 0 Å². The number of rotatable bonds is 3. The van der Waals surface area contributed by atoms with E-state index in [9.17, 15) is 5.11 Å². The topological polar surface area (TPSA) is 81.1 Å². The summed E-state index contributed by atoms with van der Waals surface area (Å²) in [5.74, 6) is 0. The predicted molar refractivity (Wildman–Crippen MR) is 101 cm³/mol. The molecule has 0 fully saturated rings. The second-order valence-electron chi connectivity index (χ2n) is 6.43. The molecular weight excluding hydrogens is 340 g/mol. The van der Waals surface area contributed by atoms with Crippen LogP contribution in [0.2, 0.25) is 0 Å². The molecule has 7 nitrogen and oxygen atoms in total. The van der Waals surface area contributed by atoms with Gasteiger partial charge in [-0.25, -0.2) is 9.50 Å². The number of aliphatic hydroxyl groups is 1. The summed E-state index contributed by atoms with van der Waals surface area (Å²) < 4.78 is 3.41. The Morgan fingerprint density at radius 3 is 2.81 bits per heavy atom. The zero-order valence-electron chi connectivity index (χ0n) is 14.6. The van der Waals surface area contributed by atoms with Crippen molar-refractivity contribution in [1.82, 2.24) is 29.4 Å². The Morgan fingerprint density at radius 2 is 1.96 bits per heavy atom. The Balaban J connectivity index is 1.60. The van der Waals surface area contributed by atoms with Crippen LogP contribution in [0.1, 0.15) is 17.4 Å². The second-order valence-corrected chi connectivity index (χ2v) is 6.43. The lowest BCUT2D eigenvalue weighted by molar-refractivity contribution is 0.213. The highest BCUT2D eigenvalue weighted by Crippen LogP contribution is 2.26. The first-order valence-electron chi connectivity index (χ1n) is 8.55. The molecule has 7 heteroatoms. The SMILES string of the molecule is Cn1cc(-c2ccc3ncc(C(O)c4ccc5ncccc5c4)n3n2)cn1. The van der Waals surface area contributed by atoms with Gasteiger partial charge in [-0.1, -0.05) is 12.1 Å². The summed E-state index contributed by atoms with van der Waals surface area (Å²) in [4.78, 5) is 8.70. The molecule has 1 aromatic carbocycles. The lowest BCUT2D eigenvalue weighted by Gasteiger charge is -2.11. The zero-order valence-corrected chi connectivity index (χ0v) is 14.6. The van der Waals surface area contributed by atoms with Gasteiger partial charge in [0.05, 0.1) is 29.3 Å². The predicted octanol–water partition coefficient (Wildman–Crippen LogP) is 2.76. The van der Waals surface area contributed by atoms with E-state index in [1.54, 1.807) is 27.8 Å². The van der Waals surface area contributed by atoms with Gasteiger partial charge in [0.15, 0.2) is 5.65 Å². The van der Waals surface area contributed by atoms with Crippen molar-refractivity contribution in [3.05, 3.63) is 78.5 Å². The van der Waals surface area contributed by atoms with Crippen molar-refractivity contribution >= 4 is 16.6 Å². The minimum atomic E-state index is -0.846. The van der Waals surface area contributed by atoms with Gasteiger partial charge in [-0.3, -0.25) is 9.67 Å². The van der Waals surface area contributed by atoms with Crippen molar-refractivity contribution in [2.45, 2.75) is 6.10 Å². The summed E-state index contributed by atoms with van der Waals surface area (Å²) in [5.41, 5.74) is 4.63. The van der Waals surface area contributed by atoms with E-state index in [1.807, 2.05) is 55.7 Å². The Morgan fingerprint density at radius 1 is 1.04 bits per heavy atom. The number of pyridine rings is 1. The van der Waals surface area contributed by atoms with Crippen LogP contribution in [0.25, 0.3) is 27.8 Å². The Bertz CT molecular complexity index is 1270. The number of fused-ring (bicyclic) bond motifs is 2. The number of aromatic nitrogens is 6. The van der Waals surface area contributed by atoms with Crippen LogP contribution < -0.4 is 0 Å². The average molecular weight is 356 g/mol. The number of benzene rings is 1. The van der Waals surface area contributed by atoms with Gasteiger partial charge < -0.3 is 5.11 Å². The molecule has 0 aliphatic rings. The molecule has 27 heavy (non-hydrogen) atoms. The van der Waals surface area contributed by atoms with Gasteiger partial charge in [0.2, 0.25) is 0 Å². The average Bonchev–Trinajstić information content (AvgIpc) is 3.32. The molecule has 0 radical (unpaired) electrons. The maximum absolute atomic E-state index is 11.0. The molecule has 4 heterocycles. The summed E-state index contributed by atoms with van der Waals surface area (Å²) in [5, 5.41) is 20.8. The van der Waals surface area contributed by atoms with Gasteiger partial charge >= 0.3 is 0 Å². The molecule has 0 amide bonds. The van der Waals surface area contributed by atoms with Crippen LogP contribution >= 0.6 is 0 Å². The number of aryl methyl sites for hydroxylation is 1. The lowest BCUT2D eigenvalue weighted by atomic mass is 10.0. The van der Waals surface area contributed by atoms with Gasteiger partial charge in [0, 0.05) is 30.4 Å². The number of hydrogen-bond donors (Lipinski definition) is 1. The fraction of sp³-hybridized carbons (Fsp3) is 0.100. The summed E-state index contributed by atoms with van der Waals surface area (Å²) in [6.07, 6.45) is 6.23. The van der Waals surface area contributed by atoms with Crippen LogP contribution in [-0.4, -0.2) is 34.5 Å². The summed E-state index contributed by atoms with van der Waals surface area (Å²) in [7, 11) is 1.86. The van der Waals surface area contributed by atoms with E-state index in [4.69, 9.17) is 0 Å². The van der Waals surface area contributed by atoms with E-state index in [1.165, 1.54) is 0 Å². The van der Waals surface area contributed by atoms with Crippen molar-refractivity contribution in [2.75, 3.05) is 0 Å². The van der Waals surface area contributed by atoms with Gasteiger partial charge in [-0.15, -0.1) is 0 Å². The normalized spacial score (nSPS) is 12.7. The maximum Gasteiger partial charge on any atom is 0.153 e.